The van der Waals surface area contributed by atoms with E-state index in [9.17, 15) is 0 Å². The van der Waals surface area contributed by atoms with E-state index in [1.54, 1.807) is 0 Å². The number of hydrogen-bond donors (Lipinski definition) is 0. The van der Waals surface area contributed by atoms with E-state index in [1.165, 1.54) is 0 Å². The maximum absolute atomic E-state index is 8.62. The van der Waals surface area contributed by atoms with Crippen molar-refractivity contribution in [3.05, 3.63) is 0 Å². The Morgan fingerprint density at radius 3 is 0.263 bits per heavy atom. The molecule has 0 aromatic heterocycles. The molecule has 108 valence electrons. The van der Waals surface area contributed by atoms with Gasteiger partial charge >= 0.3 is 260 Å². The molecule has 0 spiro atoms. The van der Waals surface area contributed by atoms with Crippen LogP contribution in [0.3, 0.4) is 0 Å². The predicted octanol–water partition coefficient (Wildman–Crippen LogP) is -14.3. The molecule has 0 aliphatic carbocycles. The minimum Gasteiger partial charge on any atom is 3.00 e. The average Bonchev–Trinajstić information content (AvgIpc) is 1.41. The summed E-state index contributed by atoms with van der Waals surface area (Å²) in [4.78, 5) is 0. The molecule has 0 bridgehead atoms. The van der Waals surface area contributed by atoms with E-state index in [0.717, 1.165) is 0 Å². The van der Waals surface area contributed by atoms with E-state index in [4.69, 9.17) is 44.3 Å². The van der Waals surface area contributed by atoms with Crippen LogP contribution in [0.5, 0.6) is 0 Å². The van der Waals surface area contributed by atoms with Gasteiger partial charge in [0.1, 0.15) is 0 Å². The SMILES string of the molecule is [O-][Ti]([O-])([O-])[O-].[O-][Ti]([O-])([O-])[O-].[O-][Ti]([O-])([O-])[O-].[Sm+3].[Sm+3].[Sm+3].[Sm+3]. The summed E-state index contributed by atoms with van der Waals surface area (Å²) in [5.41, 5.74) is 0. The summed E-state index contributed by atoms with van der Waals surface area (Å²) in [7, 11) is 0. The first-order valence-corrected chi connectivity index (χ1v) is 10.1. The molecule has 0 saturated heterocycles. The second-order valence-electron chi connectivity index (χ2n) is 1.50. The van der Waals surface area contributed by atoms with E-state index < -0.39 is 54.4 Å². The Hall–Kier alpha value is 7.01. The summed E-state index contributed by atoms with van der Waals surface area (Å²) in [5, 5.41) is 0. The molecular formula is O12Sm4Ti3. The fraction of sp³-hybridized carbons (Fsp3) is 0. The van der Waals surface area contributed by atoms with Gasteiger partial charge in [0.15, 0.2) is 0 Å². The van der Waals surface area contributed by atoms with Gasteiger partial charge in [-0.2, -0.15) is 0 Å². The average molecular weight is 937 g/mol. The number of hydrogen-bond acceptors (Lipinski definition) is 12. The van der Waals surface area contributed by atoms with Crippen molar-refractivity contribution in [2.45, 2.75) is 0 Å². The Bertz CT molecular complexity index is 100.0. The van der Waals surface area contributed by atoms with Crippen LogP contribution < -0.4 is 44.3 Å². The topological polar surface area (TPSA) is 277 Å². The molecule has 0 N–H and O–H groups in total. The molecule has 0 aliphatic heterocycles. The van der Waals surface area contributed by atoms with Gasteiger partial charge in [0, 0.05) is 0 Å². The maximum Gasteiger partial charge on any atom is 3.00 e. The van der Waals surface area contributed by atoms with Crippen molar-refractivity contribution in [2.75, 3.05) is 0 Å². The van der Waals surface area contributed by atoms with E-state index >= 15 is 0 Å². The molecule has 0 heterocycles. The minimum atomic E-state index is -6.00. The summed E-state index contributed by atoms with van der Waals surface area (Å²) in [6, 6.07) is 0. The Morgan fingerprint density at radius 2 is 0.263 bits per heavy atom. The molecule has 0 atom stereocenters. The zero-order valence-corrected chi connectivity index (χ0v) is 23.2. The van der Waals surface area contributed by atoms with Crippen LogP contribution >= 0.6 is 0 Å². The van der Waals surface area contributed by atoms with Gasteiger partial charge in [0.25, 0.3) is 0 Å². The third kappa shape index (κ3) is 269. The van der Waals surface area contributed by atoms with Gasteiger partial charge in [-0.1, -0.05) is 0 Å². The molecule has 0 saturated carbocycles. The Balaban J connectivity index is -0.0000000206. The van der Waals surface area contributed by atoms with Gasteiger partial charge in [-0.05, 0) is 0 Å². The van der Waals surface area contributed by atoms with Crippen LogP contribution in [0.15, 0.2) is 0 Å². The van der Waals surface area contributed by atoms with E-state index in [1.807, 2.05) is 0 Å². The van der Waals surface area contributed by atoms with E-state index in [2.05, 4.69) is 0 Å². The zero-order valence-electron chi connectivity index (χ0n) is 8.03. The van der Waals surface area contributed by atoms with Crippen LogP contribution in [-0.2, 0) is 54.4 Å². The van der Waals surface area contributed by atoms with Gasteiger partial charge in [-0.15, -0.1) is 0 Å². The largest absolute Gasteiger partial charge is 3.00 e. The van der Waals surface area contributed by atoms with Crippen molar-refractivity contribution in [3.8, 4) is 0 Å². The van der Waals surface area contributed by atoms with Crippen molar-refractivity contribution in [1.82, 2.24) is 0 Å². The summed E-state index contributed by atoms with van der Waals surface area (Å²) < 4.78 is 104. The van der Waals surface area contributed by atoms with Gasteiger partial charge in [-0.25, -0.2) is 0 Å². The summed E-state index contributed by atoms with van der Waals surface area (Å²) in [5.74, 6) is 0. The maximum atomic E-state index is 8.62. The monoisotopic (exact) mass is 943 g/mol. The van der Waals surface area contributed by atoms with Crippen LogP contribution in [0.4, 0.5) is 0 Å². The van der Waals surface area contributed by atoms with Crippen LogP contribution in [0.25, 0.3) is 0 Å². The van der Waals surface area contributed by atoms with Crippen LogP contribution in [0.1, 0.15) is 0 Å². The van der Waals surface area contributed by atoms with E-state index in [0.29, 0.717) is 0 Å². The molecule has 0 amide bonds. The Kier molecular flexibility index (Phi) is 54.6. The summed E-state index contributed by atoms with van der Waals surface area (Å²) >= 11 is -18.0. The predicted molar refractivity (Wildman–Crippen MR) is 0 cm³/mol. The quantitative estimate of drug-likeness (QED) is 0.205. The summed E-state index contributed by atoms with van der Waals surface area (Å²) in [6.45, 7) is 0. The second kappa shape index (κ2) is 23.1. The third-order valence-electron chi connectivity index (χ3n) is 0. The van der Waals surface area contributed by atoms with Crippen LogP contribution in [-0.4, -0.2) is 0 Å². The van der Waals surface area contributed by atoms with Crippen molar-refractivity contribution in [3.63, 3.8) is 0 Å². The van der Waals surface area contributed by atoms with Crippen molar-refractivity contribution in [2.24, 2.45) is 0 Å². The van der Waals surface area contributed by atoms with Gasteiger partial charge in [-0.3, -0.25) is 0 Å². The molecule has 19 heteroatoms. The Morgan fingerprint density at radius 1 is 0.263 bits per heavy atom. The first-order chi connectivity index (χ1) is 6.00. The summed E-state index contributed by atoms with van der Waals surface area (Å²) in [6.07, 6.45) is 0. The molecule has 4 radical (unpaired) electrons. The molecule has 0 aliphatic rings. The van der Waals surface area contributed by atoms with E-state index in [-0.39, 0.29) is 162 Å². The molecule has 0 unspecified atom stereocenters. The molecule has 0 aromatic rings. The first kappa shape index (κ1) is 45.0. The van der Waals surface area contributed by atoms with Crippen molar-refractivity contribution >= 4 is 0 Å². The number of rotatable bonds is 0. The second-order valence-corrected chi connectivity index (χ2v) is 6.18. The standard InChI is InChI=1S/12O.4Sm.3Ti/q12*-1;4*+3;;;. The molecule has 12 nitrogen and oxygen atoms in total. The molecule has 0 aromatic carbocycles. The van der Waals surface area contributed by atoms with Gasteiger partial charge < -0.3 is 0 Å². The van der Waals surface area contributed by atoms with Gasteiger partial charge in [0.2, 0.25) is 0 Å². The van der Waals surface area contributed by atoms with Crippen molar-refractivity contribution < 1.29 is 260 Å². The van der Waals surface area contributed by atoms with Crippen LogP contribution in [0, 0.1) is 162 Å². The Labute approximate surface area is 252 Å². The zero-order chi connectivity index (χ0) is 13.5. The first-order valence-electron chi connectivity index (χ1n) is 2.45. The molecular weight excluding hydrogens is 937 g/mol. The van der Waals surface area contributed by atoms with Crippen molar-refractivity contribution in [1.29, 1.82) is 0 Å². The fourth-order valence-electron chi connectivity index (χ4n) is 0. The third-order valence-corrected chi connectivity index (χ3v) is 0. The normalized spacial score (nSPS) is 9.47. The minimum absolute atomic E-state index is 0. The molecule has 0 rings (SSSR count). The van der Waals surface area contributed by atoms with Gasteiger partial charge in [0.05, 0.1) is 0 Å². The smallest absolute Gasteiger partial charge is 3.00 e. The molecule has 0 fully saturated rings. The fourth-order valence-corrected chi connectivity index (χ4v) is 0. The van der Waals surface area contributed by atoms with Crippen LogP contribution in [0.2, 0.25) is 0 Å². The molecule has 19 heavy (non-hydrogen) atoms.